The number of rotatable bonds is 6. The maximum Gasteiger partial charge on any atom is 0.150 e. The molecule has 0 radical (unpaired) electrons. The molecular weight excluding hydrogens is 340 g/mol. The quantitative estimate of drug-likeness (QED) is 0.584. The number of aryl methyl sites for hydroxylation is 1. The summed E-state index contributed by atoms with van der Waals surface area (Å²) in [5.41, 5.74) is 4.60. The minimum atomic E-state index is -2.97. The molecule has 0 N–H and O–H groups in total. The molecule has 0 aliphatic carbocycles. The highest BCUT2D eigenvalue weighted by Crippen LogP contribution is 2.41. The number of benzene rings is 2. The minimum absolute atomic E-state index is 0.113. The first-order valence-corrected chi connectivity index (χ1v) is 10.1. The Bertz CT molecular complexity index is 916. The van der Waals surface area contributed by atoms with Gasteiger partial charge in [0.25, 0.3) is 0 Å². The summed E-state index contributed by atoms with van der Waals surface area (Å²) in [6, 6.07) is 9.24. The maximum atomic E-state index is 11.2. The molecule has 2 aromatic rings. The predicted molar refractivity (Wildman–Crippen MR) is 96.2 cm³/mol. The third kappa shape index (κ3) is 4.02. The zero-order valence-corrected chi connectivity index (χ0v) is 15.1. The second-order valence-corrected chi connectivity index (χ2v) is 8.53. The Morgan fingerprint density at radius 2 is 2.04 bits per heavy atom. The molecule has 2 aromatic carbocycles. The monoisotopic (exact) mass is 360 g/mol. The lowest BCUT2D eigenvalue weighted by molar-refractivity contribution is 0.112. The van der Waals surface area contributed by atoms with Crippen molar-refractivity contribution in [1.82, 2.24) is 0 Å². The summed E-state index contributed by atoms with van der Waals surface area (Å²) in [6.45, 7) is 2.77. The molecular formula is C19H20O5S. The van der Waals surface area contributed by atoms with Gasteiger partial charge < -0.3 is 9.47 Å². The van der Waals surface area contributed by atoms with Crippen molar-refractivity contribution in [3.8, 4) is 22.6 Å². The van der Waals surface area contributed by atoms with Gasteiger partial charge in [-0.1, -0.05) is 0 Å². The van der Waals surface area contributed by atoms with Crippen LogP contribution < -0.4 is 9.47 Å². The van der Waals surface area contributed by atoms with Gasteiger partial charge in [-0.25, -0.2) is 8.42 Å². The van der Waals surface area contributed by atoms with E-state index in [2.05, 4.69) is 0 Å². The summed E-state index contributed by atoms with van der Waals surface area (Å²) in [4.78, 5) is 11.1. The second-order valence-electron chi connectivity index (χ2n) is 6.27. The summed E-state index contributed by atoms with van der Waals surface area (Å²) in [7, 11) is -2.97. The van der Waals surface area contributed by atoms with Gasteiger partial charge in [0.05, 0.1) is 12.4 Å². The van der Waals surface area contributed by atoms with Crippen molar-refractivity contribution in [3.05, 3.63) is 47.0 Å². The lowest BCUT2D eigenvalue weighted by Gasteiger charge is -2.23. The highest BCUT2D eigenvalue weighted by molar-refractivity contribution is 7.90. The van der Waals surface area contributed by atoms with Crippen molar-refractivity contribution in [2.75, 3.05) is 18.6 Å². The number of carbonyl (C=O) groups is 1. The molecule has 0 saturated heterocycles. The fraction of sp³-hybridized carbons (Fsp3) is 0.316. The molecule has 0 spiro atoms. The van der Waals surface area contributed by atoms with Crippen LogP contribution in [0.2, 0.25) is 0 Å². The number of ether oxygens (including phenoxy) is 2. The predicted octanol–water partition coefficient (Wildman–Crippen LogP) is 3.18. The summed E-state index contributed by atoms with van der Waals surface area (Å²) in [5.74, 6) is 1.58. The molecule has 0 unspecified atom stereocenters. The molecule has 132 valence electrons. The Morgan fingerprint density at radius 3 is 2.76 bits per heavy atom. The van der Waals surface area contributed by atoms with Gasteiger partial charge in [0.2, 0.25) is 0 Å². The summed E-state index contributed by atoms with van der Waals surface area (Å²) < 4.78 is 33.8. The molecule has 1 aliphatic heterocycles. The Balaban J connectivity index is 1.84. The van der Waals surface area contributed by atoms with E-state index < -0.39 is 9.84 Å². The molecule has 0 saturated carbocycles. The number of hydrogen-bond donors (Lipinski definition) is 0. The van der Waals surface area contributed by atoms with Crippen molar-refractivity contribution in [1.29, 1.82) is 0 Å². The Hall–Kier alpha value is -2.34. The summed E-state index contributed by atoms with van der Waals surface area (Å²) >= 11 is 0. The largest absolute Gasteiger partial charge is 0.494 e. The zero-order valence-electron chi connectivity index (χ0n) is 14.2. The maximum absolute atomic E-state index is 11.2. The molecule has 25 heavy (non-hydrogen) atoms. The Morgan fingerprint density at radius 1 is 1.24 bits per heavy atom. The van der Waals surface area contributed by atoms with E-state index in [1.54, 1.807) is 6.07 Å². The molecule has 0 fully saturated rings. The van der Waals surface area contributed by atoms with Gasteiger partial charge in [0.1, 0.15) is 34.2 Å². The van der Waals surface area contributed by atoms with Gasteiger partial charge in [-0.05, 0) is 54.8 Å². The van der Waals surface area contributed by atoms with Crippen LogP contribution in [0.25, 0.3) is 11.1 Å². The zero-order chi connectivity index (χ0) is 18.0. The topological polar surface area (TPSA) is 69.7 Å². The summed E-state index contributed by atoms with van der Waals surface area (Å²) in [5, 5.41) is 0. The van der Waals surface area contributed by atoms with Crippen molar-refractivity contribution >= 4 is 16.1 Å². The number of aldehydes is 1. The fourth-order valence-electron chi connectivity index (χ4n) is 3.02. The molecule has 0 atom stereocenters. The number of sulfone groups is 1. The third-order valence-corrected chi connectivity index (χ3v) is 5.14. The second kappa shape index (κ2) is 6.88. The number of fused-ring (bicyclic) bond motifs is 3. The van der Waals surface area contributed by atoms with Crippen LogP contribution in [0, 0.1) is 6.92 Å². The normalized spacial score (nSPS) is 12.7. The van der Waals surface area contributed by atoms with E-state index in [-0.39, 0.29) is 5.75 Å². The van der Waals surface area contributed by atoms with E-state index in [1.807, 2.05) is 31.2 Å². The van der Waals surface area contributed by atoms with Gasteiger partial charge >= 0.3 is 0 Å². The average Bonchev–Trinajstić information content (AvgIpc) is 2.57. The van der Waals surface area contributed by atoms with E-state index in [0.29, 0.717) is 30.9 Å². The molecule has 0 aromatic heterocycles. The van der Waals surface area contributed by atoms with Crippen molar-refractivity contribution in [2.45, 2.75) is 20.0 Å². The highest BCUT2D eigenvalue weighted by atomic mass is 32.2. The first-order valence-electron chi connectivity index (χ1n) is 8.04. The van der Waals surface area contributed by atoms with Crippen molar-refractivity contribution < 1.29 is 22.7 Å². The minimum Gasteiger partial charge on any atom is -0.494 e. The smallest absolute Gasteiger partial charge is 0.150 e. The van der Waals surface area contributed by atoms with Gasteiger partial charge in [0.15, 0.2) is 0 Å². The van der Waals surface area contributed by atoms with Gasteiger partial charge in [-0.15, -0.1) is 0 Å². The van der Waals surface area contributed by atoms with E-state index in [9.17, 15) is 13.2 Å². The van der Waals surface area contributed by atoms with Crippen molar-refractivity contribution in [3.63, 3.8) is 0 Å². The van der Waals surface area contributed by atoms with Crippen LogP contribution in [0.3, 0.4) is 0 Å². The Labute approximate surface area is 147 Å². The van der Waals surface area contributed by atoms with Crippen LogP contribution >= 0.6 is 0 Å². The van der Waals surface area contributed by atoms with E-state index in [4.69, 9.17) is 9.47 Å². The third-order valence-electron chi connectivity index (χ3n) is 4.11. The van der Waals surface area contributed by atoms with E-state index >= 15 is 0 Å². The number of hydrogen-bond acceptors (Lipinski definition) is 5. The number of carbonyl (C=O) groups excluding carboxylic acids is 1. The molecule has 1 heterocycles. The van der Waals surface area contributed by atoms with Gasteiger partial charge in [-0.2, -0.15) is 0 Å². The fourth-order valence-corrected chi connectivity index (χ4v) is 3.66. The van der Waals surface area contributed by atoms with Crippen LogP contribution in [0.5, 0.6) is 11.5 Å². The molecule has 3 rings (SSSR count). The highest BCUT2D eigenvalue weighted by Gasteiger charge is 2.20. The van der Waals surface area contributed by atoms with Crippen LogP contribution in [-0.2, 0) is 16.4 Å². The van der Waals surface area contributed by atoms with Crippen LogP contribution in [-0.4, -0.2) is 33.3 Å². The first-order chi connectivity index (χ1) is 11.9. The van der Waals surface area contributed by atoms with E-state index in [0.717, 1.165) is 34.3 Å². The standard InChI is InChI=1S/C19H20O5S/c1-13-8-16(23-6-3-7-25(2,21)22)10-15-12-24-18-5-4-14(11-20)9-17(18)19(13)15/h4-5,8-11H,3,6-7,12H2,1-2H3. The van der Waals surface area contributed by atoms with Crippen LogP contribution in [0.1, 0.15) is 27.9 Å². The lowest BCUT2D eigenvalue weighted by Crippen LogP contribution is -2.10. The molecule has 5 nitrogen and oxygen atoms in total. The SMILES string of the molecule is Cc1cc(OCCCS(C)(=O)=O)cc2c1-c1cc(C=O)ccc1OC2. The van der Waals surface area contributed by atoms with E-state index in [1.165, 1.54) is 6.26 Å². The van der Waals surface area contributed by atoms with Gasteiger partial charge in [0, 0.05) is 22.9 Å². The van der Waals surface area contributed by atoms with Crippen LogP contribution in [0.4, 0.5) is 0 Å². The molecule has 6 heteroatoms. The first kappa shape index (κ1) is 17.5. The molecule has 1 aliphatic rings. The Kier molecular flexibility index (Phi) is 4.81. The average molecular weight is 360 g/mol. The van der Waals surface area contributed by atoms with Crippen LogP contribution in [0.15, 0.2) is 30.3 Å². The molecule has 0 bridgehead atoms. The van der Waals surface area contributed by atoms with Crippen molar-refractivity contribution in [2.24, 2.45) is 0 Å². The van der Waals surface area contributed by atoms with Gasteiger partial charge in [-0.3, -0.25) is 4.79 Å². The molecule has 0 amide bonds. The lowest BCUT2D eigenvalue weighted by atomic mass is 9.91. The summed E-state index contributed by atoms with van der Waals surface area (Å²) in [6.07, 6.45) is 2.50.